The van der Waals surface area contributed by atoms with Gasteiger partial charge in [-0.3, -0.25) is 4.98 Å². The molecule has 16 heavy (non-hydrogen) atoms. The first-order valence-electron chi connectivity index (χ1n) is 4.47. The van der Waals surface area contributed by atoms with Gasteiger partial charge in [0, 0.05) is 23.5 Å². The average molecular weight is 218 g/mol. The summed E-state index contributed by atoms with van der Waals surface area (Å²) in [7, 11) is 0. The maximum absolute atomic E-state index is 13.0. The van der Waals surface area contributed by atoms with Crippen LogP contribution in [0.1, 0.15) is 10.5 Å². The molecule has 0 atom stereocenters. The largest absolute Gasteiger partial charge is 0.476 e. The highest BCUT2D eigenvalue weighted by atomic mass is 19.1. The van der Waals surface area contributed by atoms with E-state index in [1.807, 2.05) is 0 Å². The van der Waals surface area contributed by atoms with Crippen molar-refractivity contribution >= 4 is 5.97 Å². The van der Waals surface area contributed by atoms with E-state index in [4.69, 9.17) is 5.11 Å². The van der Waals surface area contributed by atoms with Gasteiger partial charge in [0.1, 0.15) is 5.82 Å². The van der Waals surface area contributed by atoms with Crippen molar-refractivity contribution in [3.8, 4) is 11.1 Å². The van der Waals surface area contributed by atoms with Crippen molar-refractivity contribution in [2.75, 3.05) is 0 Å². The lowest BCUT2D eigenvalue weighted by molar-refractivity contribution is 0.0691. The summed E-state index contributed by atoms with van der Waals surface area (Å²) in [5.74, 6) is -1.67. The van der Waals surface area contributed by atoms with Crippen LogP contribution in [0.25, 0.3) is 11.1 Å². The fourth-order valence-electron chi connectivity index (χ4n) is 1.37. The van der Waals surface area contributed by atoms with E-state index in [0.29, 0.717) is 11.1 Å². The van der Waals surface area contributed by atoms with Crippen LogP contribution in [0.15, 0.2) is 36.8 Å². The summed E-state index contributed by atoms with van der Waals surface area (Å²) in [5, 5.41) is 8.92. The minimum atomic E-state index is -1.15. The zero-order chi connectivity index (χ0) is 11.5. The van der Waals surface area contributed by atoms with Gasteiger partial charge in [-0.25, -0.2) is 14.2 Å². The summed E-state index contributed by atoms with van der Waals surface area (Å²) < 4.78 is 13.0. The summed E-state index contributed by atoms with van der Waals surface area (Å²) in [6.45, 7) is 0. The zero-order valence-corrected chi connectivity index (χ0v) is 8.09. The first-order chi connectivity index (χ1) is 7.68. The molecule has 0 saturated carbocycles. The zero-order valence-electron chi connectivity index (χ0n) is 8.09. The van der Waals surface area contributed by atoms with Gasteiger partial charge in [-0.1, -0.05) is 6.07 Å². The Morgan fingerprint density at radius 1 is 1.38 bits per heavy atom. The molecule has 4 nitrogen and oxygen atoms in total. The van der Waals surface area contributed by atoms with Crippen molar-refractivity contribution < 1.29 is 14.3 Å². The number of pyridine rings is 2. The molecular formula is C11H7FN2O2. The molecule has 2 aromatic rings. The van der Waals surface area contributed by atoms with Crippen LogP contribution in [0.4, 0.5) is 4.39 Å². The van der Waals surface area contributed by atoms with Gasteiger partial charge in [0.2, 0.25) is 0 Å². The van der Waals surface area contributed by atoms with Crippen LogP contribution in [-0.4, -0.2) is 21.0 Å². The highest BCUT2D eigenvalue weighted by molar-refractivity contribution is 5.93. The van der Waals surface area contributed by atoms with Crippen molar-refractivity contribution in [1.29, 1.82) is 0 Å². The van der Waals surface area contributed by atoms with Gasteiger partial charge < -0.3 is 5.11 Å². The second kappa shape index (κ2) is 4.06. The summed E-state index contributed by atoms with van der Waals surface area (Å²) in [6.07, 6.45) is 3.83. The Morgan fingerprint density at radius 2 is 2.19 bits per heavy atom. The third-order valence-corrected chi connectivity index (χ3v) is 2.03. The molecule has 0 aliphatic carbocycles. The normalized spacial score (nSPS) is 10.1. The first-order valence-corrected chi connectivity index (χ1v) is 4.47. The van der Waals surface area contributed by atoms with Crippen LogP contribution in [0.3, 0.4) is 0 Å². The van der Waals surface area contributed by atoms with E-state index >= 15 is 0 Å². The highest BCUT2D eigenvalue weighted by Crippen LogP contribution is 2.21. The molecule has 0 aliphatic rings. The van der Waals surface area contributed by atoms with Gasteiger partial charge in [-0.15, -0.1) is 0 Å². The SMILES string of the molecule is O=C(O)c1ncccc1-c1cncc(F)c1. The van der Waals surface area contributed by atoms with Gasteiger partial charge in [-0.05, 0) is 12.1 Å². The number of aromatic carboxylic acids is 1. The number of hydrogen-bond donors (Lipinski definition) is 1. The van der Waals surface area contributed by atoms with Crippen molar-refractivity contribution in [2.24, 2.45) is 0 Å². The van der Waals surface area contributed by atoms with Crippen LogP contribution in [0, 0.1) is 5.82 Å². The number of rotatable bonds is 2. The van der Waals surface area contributed by atoms with Crippen LogP contribution in [-0.2, 0) is 0 Å². The molecule has 0 radical (unpaired) electrons. The molecule has 2 aromatic heterocycles. The molecule has 0 unspecified atom stereocenters. The topological polar surface area (TPSA) is 63.1 Å². The van der Waals surface area contributed by atoms with Gasteiger partial charge in [-0.2, -0.15) is 0 Å². The predicted octanol–water partition coefficient (Wildman–Crippen LogP) is 1.98. The smallest absolute Gasteiger partial charge is 0.355 e. The lowest BCUT2D eigenvalue weighted by Gasteiger charge is -2.04. The molecule has 2 rings (SSSR count). The van der Waals surface area contributed by atoms with Gasteiger partial charge in [0.25, 0.3) is 0 Å². The monoisotopic (exact) mass is 218 g/mol. The van der Waals surface area contributed by atoms with Gasteiger partial charge >= 0.3 is 5.97 Å². The summed E-state index contributed by atoms with van der Waals surface area (Å²) >= 11 is 0. The van der Waals surface area contributed by atoms with Crippen LogP contribution in [0.5, 0.6) is 0 Å². The molecule has 0 fully saturated rings. The maximum atomic E-state index is 13.0. The molecule has 0 aliphatic heterocycles. The lowest BCUT2D eigenvalue weighted by atomic mass is 10.1. The summed E-state index contributed by atoms with van der Waals surface area (Å²) in [5.41, 5.74) is 0.627. The Labute approximate surface area is 90.4 Å². The maximum Gasteiger partial charge on any atom is 0.355 e. The second-order valence-electron chi connectivity index (χ2n) is 3.10. The molecular weight excluding hydrogens is 211 g/mol. The van der Waals surface area contributed by atoms with Crippen LogP contribution >= 0.6 is 0 Å². The molecule has 2 heterocycles. The Kier molecular flexibility index (Phi) is 2.59. The Balaban J connectivity index is 2.60. The van der Waals surface area contributed by atoms with Gasteiger partial charge in [0.15, 0.2) is 5.69 Å². The van der Waals surface area contributed by atoms with E-state index < -0.39 is 11.8 Å². The number of carboxylic acids is 1. The molecule has 0 aromatic carbocycles. The number of nitrogens with zero attached hydrogens (tertiary/aromatic N) is 2. The van der Waals surface area contributed by atoms with Crippen molar-refractivity contribution in [3.63, 3.8) is 0 Å². The number of aromatic nitrogens is 2. The van der Waals surface area contributed by atoms with Gasteiger partial charge in [0.05, 0.1) is 6.20 Å². The summed E-state index contributed by atoms with van der Waals surface area (Å²) in [6, 6.07) is 4.37. The molecule has 0 saturated heterocycles. The predicted molar refractivity (Wildman–Crippen MR) is 54.4 cm³/mol. The van der Waals surface area contributed by atoms with Crippen molar-refractivity contribution in [1.82, 2.24) is 9.97 Å². The lowest BCUT2D eigenvalue weighted by Crippen LogP contribution is -2.02. The van der Waals surface area contributed by atoms with E-state index in [1.165, 1.54) is 18.5 Å². The third kappa shape index (κ3) is 1.88. The van der Waals surface area contributed by atoms with Crippen molar-refractivity contribution in [3.05, 3.63) is 48.3 Å². The minimum Gasteiger partial charge on any atom is -0.476 e. The van der Waals surface area contributed by atoms with E-state index in [0.717, 1.165) is 6.20 Å². The fourth-order valence-corrected chi connectivity index (χ4v) is 1.37. The van der Waals surface area contributed by atoms with Crippen LogP contribution in [0.2, 0.25) is 0 Å². The number of carbonyl (C=O) groups is 1. The molecule has 5 heteroatoms. The number of carboxylic acid groups (broad SMARTS) is 1. The molecule has 0 bridgehead atoms. The Bertz CT molecular complexity index is 543. The third-order valence-electron chi connectivity index (χ3n) is 2.03. The highest BCUT2D eigenvalue weighted by Gasteiger charge is 2.12. The first kappa shape index (κ1) is 10.2. The number of halogens is 1. The second-order valence-corrected chi connectivity index (χ2v) is 3.10. The van der Waals surface area contributed by atoms with E-state index in [9.17, 15) is 9.18 Å². The quantitative estimate of drug-likeness (QED) is 0.837. The molecule has 0 spiro atoms. The fraction of sp³-hybridized carbons (Fsp3) is 0. The molecule has 0 amide bonds. The van der Waals surface area contributed by atoms with E-state index in [2.05, 4.69) is 9.97 Å². The number of hydrogen-bond acceptors (Lipinski definition) is 3. The standard InChI is InChI=1S/C11H7FN2O2/c12-8-4-7(5-13-6-8)9-2-1-3-14-10(9)11(15)16/h1-6H,(H,15,16). The van der Waals surface area contributed by atoms with E-state index in [-0.39, 0.29) is 5.69 Å². The Morgan fingerprint density at radius 3 is 2.88 bits per heavy atom. The van der Waals surface area contributed by atoms with Crippen molar-refractivity contribution in [2.45, 2.75) is 0 Å². The molecule has 80 valence electrons. The van der Waals surface area contributed by atoms with E-state index in [1.54, 1.807) is 12.1 Å². The van der Waals surface area contributed by atoms with Crippen LogP contribution < -0.4 is 0 Å². The average Bonchev–Trinajstić information content (AvgIpc) is 2.29. The Hall–Kier alpha value is -2.30. The molecule has 1 N–H and O–H groups in total. The minimum absolute atomic E-state index is 0.116. The summed E-state index contributed by atoms with van der Waals surface area (Å²) in [4.78, 5) is 18.3.